The van der Waals surface area contributed by atoms with E-state index in [9.17, 15) is 0 Å². The van der Waals surface area contributed by atoms with Gasteiger partial charge in [-0.15, -0.1) is 10.2 Å². The molecule has 3 heteroatoms. The van der Waals surface area contributed by atoms with Crippen molar-refractivity contribution in [2.45, 2.75) is 19.3 Å². The van der Waals surface area contributed by atoms with Crippen LogP contribution in [0.1, 0.15) is 24.0 Å². The summed E-state index contributed by atoms with van der Waals surface area (Å²) in [5.74, 6) is 0.518. The van der Waals surface area contributed by atoms with Crippen molar-refractivity contribution in [1.29, 1.82) is 0 Å². The number of benzene rings is 1. The minimum atomic E-state index is 0.477. The first kappa shape index (κ1) is 9.79. The molecule has 1 aromatic heterocycles. The highest BCUT2D eigenvalue weighted by atomic mass is 35.5. The zero-order valence-electron chi connectivity index (χ0n) is 8.94. The molecule has 0 saturated carbocycles. The second-order valence-electron chi connectivity index (χ2n) is 4.23. The van der Waals surface area contributed by atoms with Gasteiger partial charge < -0.3 is 0 Å². The molecule has 3 rings (SSSR count). The van der Waals surface area contributed by atoms with Crippen molar-refractivity contribution in [3.05, 3.63) is 46.6 Å². The van der Waals surface area contributed by atoms with Gasteiger partial charge in [-0.1, -0.05) is 42.8 Å². The highest BCUT2D eigenvalue weighted by molar-refractivity contribution is 6.29. The molecule has 80 valence electrons. The molecule has 0 N–H and O–H groups in total. The van der Waals surface area contributed by atoms with Crippen LogP contribution in [0.2, 0.25) is 5.15 Å². The van der Waals surface area contributed by atoms with Gasteiger partial charge in [0.2, 0.25) is 0 Å². The molecule has 1 aliphatic carbocycles. The zero-order valence-corrected chi connectivity index (χ0v) is 9.70. The van der Waals surface area contributed by atoms with Crippen molar-refractivity contribution < 1.29 is 0 Å². The number of hydrogen-bond acceptors (Lipinski definition) is 2. The first-order chi connectivity index (χ1) is 7.75. The van der Waals surface area contributed by atoms with Gasteiger partial charge >= 0.3 is 0 Å². The lowest BCUT2D eigenvalue weighted by molar-refractivity contribution is 0.738. The van der Waals surface area contributed by atoms with Gasteiger partial charge in [-0.05, 0) is 29.5 Å². The molecule has 2 nitrogen and oxygen atoms in total. The number of rotatable bonds is 0. The van der Waals surface area contributed by atoms with E-state index in [0.717, 1.165) is 12.1 Å². The smallest absolute Gasteiger partial charge is 0.149 e. The topological polar surface area (TPSA) is 25.8 Å². The summed E-state index contributed by atoms with van der Waals surface area (Å²) in [6, 6.07) is 10.3. The third-order valence-electron chi connectivity index (χ3n) is 3.12. The first-order valence-electron chi connectivity index (χ1n) is 5.37. The molecule has 1 aliphatic rings. The third kappa shape index (κ3) is 1.41. The summed E-state index contributed by atoms with van der Waals surface area (Å²) in [6.45, 7) is 2.23. The normalized spacial score (nSPS) is 17.8. The molecule has 0 radical (unpaired) electrons. The second kappa shape index (κ2) is 3.56. The number of fused-ring (bicyclic) bond motifs is 3. The van der Waals surface area contributed by atoms with Crippen LogP contribution >= 0.6 is 11.6 Å². The van der Waals surface area contributed by atoms with Gasteiger partial charge in [0, 0.05) is 5.56 Å². The quantitative estimate of drug-likeness (QED) is 0.693. The Balaban J connectivity index is 2.27. The Kier molecular flexibility index (Phi) is 2.18. The Bertz CT molecular complexity index is 551. The first-order valence-corrected chi connectivity index (χ1v) is 5.75. The molecule has 1 atom stereocenters. The van der Waals surface area contributed by atoms with Crippen LogP contribution in [0.4, 0.5) is 0 Å². The van der Waals surface area contributed by atoms with Gasteiger partial charge in [-0.2, -0.15) is 0 Å². The molecule has 2 aromatic rings. The molecule has 16 heavy (non-hydrogen) atoms. The molecule has 1 heterocycles. The summed E-state index contributed by atoms with van der Waals surface area (Å²) in [5.41, 5.74) is 4.73. The molecule has 0 spiro atoms. The predicted octanol–water partition coefficient (Wildman–Crippen LogP) is 3.46. The fourth-order valence-electron chi connectivity index (χ4n) is 2.37. The van der Waals surface area contributed by atoms with Gasteiger partial charge in [0.05, 0.1) is 5.69 Å². The van der Waals surface area contributed by atoms with E-state index in [0.29, 0.717) is 11.1 Å². The molecule has 0 aliphatic heterocycles. The average Bonchev–Trinajstić information content (AvgIpc) is 2.29. The molecule has 0 saturated heterocycles. The second-order valence-corrected chi connectivity index (χ2v) is 4.62. The minimum absolute atomic E-state index is 0.477. The van der Waals surface area contributed by atoms with E-state index in [2.05, 4.69) is 35.3 Å². The molecule has 1 unspecified atom stereocenters. The lowest BCUT2D eigenvalue weighted by atomic mass is 9.82. The summed E-state index contributed by atoms with van der Waals surface area (Å²) in [7, 11) is 0. The number of hydrogen-bond donors (Lipinski definition) is 0. The zero-order chi connectivity index (χ0) is 11.1. The van der Waals surface area contributed by atoms with Crippen molar-refractivity contribution in [2.24, 2.45) is 0 Å². The molecule has 0 fully saturated rings. The monoisotopic (exact) mass is 230 g/mol. The van der Waals surface area contributed by atoms with Gasteiger partial charge in [-0.3, -0.25) is 0 Å². The van der Waals surface area contributed by atoms with Crippen molar-refractivity contribution in [3.63, 3.8) is 0 Å². The van der Waals surface area contributed by atoms with E-state index in [1.165, 1.54) is 16.7 Å². The summed E-state index contributed by atoms with van der Waals surface area (Å²) in [6.07, 6.45) is 0.988. The molecule has 1 aromatic carbocycles. The van der Waals surface area contributed by atoms with E-state index < -0.39 is 0 Å². The van der Waals surface area contributed by atoms with Crippen LogP contribution < -0.4 is 0 Å². The Morgan fingerprint density at radius 1 is 1.25 bits per heavy atom. The van der Waals surface area contributed by atoms with Crippen molar-refractivity contribution in [3.8, 4) is 11.3 Å². The highest BCUT2D eigenvalue weighted by Crippen LogP contribution is 2.38. The highest BCUT2D eigenvalue weighted by Gasteiger charge is 2.22. The summed E-state index contributed by atoms with van der Waals surface area (Å²) in [4.78, 5) is 0. The molecule has 0 amide bonds. The van der Waals surface area contributed by atoms with Crippen LogP contribution in [0.5, 0.6) is 0 Å². The van der Waals surface area contributed by atoms with Crippen molar-refractivity contribution >= 4 is 11.6 Å². The van der Waals surface area contributed by atoms with Gasteiger partial charge in [0.15, 0.2) is 5.15 Å². The van der Waals surface area contributed by atoms with Gasteiger partial charge in [0.25, 0.3) is 0 Å². The van der Waals surface area contributed by atoms with Crippen LogP contribution in [0, 0.1) is 0 Å². The van der Waals surface area contributed by atoms with Crippen LogP contribution in [-0.4, -0.2) is 10.2 Å². The Morgan fingerprint density at radius 3 is 2.94 bits per heavy atom. The van der Waals surface area contributed by atoms with E-state index in [-0.39, 0.29) is 0 Å². The van der Waals surface area contributed by atoms with E-state index in [1.54, 1.807) is 0 Å². The van der Waals surface area contributed by atoms with E-state index in [1.807, 2.05) is 12.1 Å². The van der Waals surface area contributed by atoms with E-state index in [4.69, 9.17) is 11.6 Å². The van der Waals surface area contributed by atoms with E-state index >= 15 is 0 Å². The summed E-state index contributed by atoms with van der Waals surface area (Å²) < 4.78 is 0. The summed E-state index contributed by atoms with van der Waals surface area (Å²) in [5, 5.41) is 8.62. The maximum atomic E-state index is 5.88. The molecular weight excluding hydrogens is 220 g/mol. The number of aromatic nitrogens is 2. The van der Waals surface area contributed by atoms with Gasteiger partial charge in [0.1, 0.15) is 0 Å². The maximum absolute atomic E-state index is 5.88. The SMILES string of the molecule is CC1Cc2cc(Cl)nnc2-c2ccccc21. The largest absolute Gasteiger partial charge is 0.152 e. The van der Waals surface area contributed by atoms with Crippen LogP contribution in [0.25, 0.3) is 11.3 Å². The Labute approximate surface area is 99.3 Å². The maximum Gasteiger partial charge on any atom is 0.152 e. The van der Waals surface area contributed by atoms with Crippen LogP contribution in [0.15, 0.2) is 30.3 Å². The van der Waals surface area contributed by atoms with Gasteiger partial charge in [-0.25, -0.2) is 0 Å². The number of halogens is 1. The fourth-order valence-corrected chi connectivity index (χ4v) is 2.54. The lowest BCUT2D eigenvalue weighted by Crippen LogP contribution is -2.10. The third-order valence-corrected chi connectivity index (χ3v) is 3.30. The molecule has 0 bridgehead atoms. The minimum Gasteiger partial charge on any atom is -0.149 e. The summed E-state index contributed by atoms with van der Waals surface area (Å²) >= 11 is 5.88. The average molecular weight is 231 g/mol. The fraction of sp³-hybridized carbons (Fsp3) is 0.231. The van der Waals surface area contributed by atoms with Crippen LogP contribution in [-0.2, 0) is 6.42 Å². The molecular formula is C13H11ClN2. The standard InChI is InChI=1S/C13H11ClN2/c1-8-6-9-7-12(14)15-16-13(9)11-5-3-2-4-10(8)11/h2-5,7-8H,6H2,1H3. The van der Waals surface area contributed by atoms with Crippen LogP contribution in [0.3, 0.4) is 0 Å². The lowest BCUT2D eigenvalue weighted by Gasteiger charge is -2.23. The van der Waals surface area contributed by atoms with Crippen molar-refractivity contribution in [2.75, 3.05) is 0 Å². The number of nitrogens with zero attached hydrogens (tertiary/aromatic N) is 2. The Morgan fingerprint density at radius 2 is 2.06 bits per heavy atom. The van der Waals surface area contributed by atoms with Crippen molar-refractivity contribution in [1.82, 2.24) is 10.2 Å². The predicted molar refractivity (Wildman–Crippen MR) is 64.6 cm³/mol. The Hall–Kier alpha value is -1.41.